The molecule has 1 unspecified atom stereocenters. The van der Waals surface area contributed by atoms with Crippen molar-refractivity contribution in [1.29, 1.82) is 0 Å². The van der Waals surface area contributed by atoms with Gasteiger partial charge in [0, 0.05) is 23.2 Å². The number of hydrogen-bond acceptors (Lipinski definition) is 9. The SMILES string of the molecule is CC(C)(C)NCC(COc1cc(Cl)ccc1Cl)O/C([O-])=N/c1c[n+](N2CCOCC2)no1. The van der Waals surface area contributed by atoms with Crippen molar-refractivity contribution in [1.82, 2.24) is 10.6 Å². The highest BCUT2D eigenvalue weighted by Crippen LogP contribution is 2.27. The van der Waals surface area contributed by atoms with Gasteiger partial charge >= 0.3 is 5.88 Å². The number of halogens is 2. The Kier molecular flexibility index (Phi) is 8.41. The van der Waals surface area contributed by atoms with Gasteiger partial charge in [0.1, 0.15) is 12.4 Å². The Labute approximate surface area is 196 Å². The van der Waals surface area contributed by atoms with E-state index < -0.39 is 12.2 Å². The highest BCUT2D eigenvalue weighted by molar-refractivity contribution is 6.34. The molecule has 0 spiro atoms. The van der Waals surface area contributed by atoms with Crippen molar-refractivity contribution in [3.63, 3.8) is 0 Å². The fourth-order valence-corrected chi connectivity index (χ4v) is 3.09. The molecule has 1 aliphatic heterocycles. The first-order chi connectivity index (χ1) is 15.2. The van der Waals surface area contributed by atoms with Crippen LogP contribution in [0.5, 0.6) is 5.75 Å². The summed E-state index contributed by atoms with van der Waals surface area (Å²) in [4.78, 5) is 5.34. The van der Waals surface area contributed by atoms with Crippen LogP contribution in [0.25, 0.3) is 0 Å². The van der Waals surface area contributed by atoms with Gasteiger partial charge in [0.15, 0.2) is 6.08 Å². The lowest BCUT2D eigenvalue weighted by Crippen LogP contribution is -2.62. The molecule has 1 aromatic carbocycles. The maximum absolute atomic E-state index is 12.4. The molecule has 1 saturated heterocycles. The molecular weight excluding hydrogens is 461 g/mol. The zero-order valence-corrected chi connectivity index (χ0v) is 19.7. The van der Waals surface area contributed by atoms with Gasteiger partial charge in [0.2, 0.25) is 5.27 Å². The number of nitrogens with one attached hydrogen (secondary N) is 1. The zero-order valence-electron chi connectivity index (χ0n) is 18.2. The Bertz CT molecular complexity index is 912. The van der Waals surface area contributed by atoms with E-state index in [-0.39, 0.29) is 18.0 Å². The molecule has 0 aliphatic carbocycles. The monoisotopic (exact) mass is 487 g/mol. The van der Waals surface area contributed by atoms with Crippen molar-refractivity contribution in [2.45, 2.75) is 32.4 Å². The summed E-state index contributed by atoms with van der Waals surface area (Å²) in [5, 5.41) is 22.4. The Morgan fingerprint density at radius 1 is 1.34 bits per heavy atom. The Hall–Kier alpha value is -2.27. The van der Waals surface area contributed by atoms with Crippen molar-refractivity contribution in [3.05, 3.63) is 34.4 Å². The van der Waals surface area contributed by atoms with Crippen LogP contribution in [-0.2, 0) is 9.47 Å². The highest BCUT2D eigenvalue weighted by atomic mass is 35.5. The van der Waals surface area contributed by atoms with Gasteiger partial charge in [0.05, 0.1) is 42.2 Å². The van der Waals surface area contributed by atoms with E-state index in [0.717, 1.165) is 0 Å². The number of benzene rings is 1. The topological polar surface area (TPSA) is 108 Å². The van der Waals surface area contributed by atoms with Gasteiger partial charge in [0.25, 0.3) is 6.20 Å². The molecule has 10 nitrogen and oxygen atoms in total. The lowest BCUT2D eigenvalue weighted by Gasteiger charge is -2.30. The van der Waals surface area contributed by atoms with Crippen LogP contribution in [0.2, 0.25) is 10.0 Å². The van der Waals surface area contributed by atoms with Crippen LogP contribution in [-0.4, -0.2) is 62.5 Å². The first-order valence-corrected chi connectivity index (χ1v) is 10.9. The predicted octanol–water partition coefficient (Wildman–Crippen LogP) is 1.44. The summed E-state index contributed by atoms with van der Waals surface area (Å²) in [5.74, 6) is 0.428. The Balaban J connectivity index is 1.64. The lowest BCUT2D eigenvalue weighted by molar-refractivity contribution is -0.759. The first-order valence-electron chi connectivity index (χ1n) is 10.2. The molecule has 0 radical (unpaired) electrons. The summed E-state index contributed by atoms with van der Waals surface area (Å²) in [6.07, 6.45) is 0.0450. The third kappa shape index (κ3) is 7.70. The maximum atomic E-state index is 12.4. The molecule has 2 heterocycles. The zero-order chi connectivity index (χ0) is 23.1. The Morgan fingerprint density at radius 2 is 2.09 bits per heavy atom. The van der Waals surface area contributed by atoms with E-state index >= 15 is 0 Å². The molecule has 32 heavy (non-hydrogen) atoms. The number of ether oxygens (including phenoxy) is 3. The first kappa shape index (κ1) is 24.4. The van der Waals surface area contributed by atoms with Gasteiger partial charge in [-0.3, -0.25) is 4.52 Å². The molecule has 1 aliphatic rings. The molecule has 1 fully saturated rings. The van der Waals surface area contributed by atoms with Gasteiger partial charge in [-0.05, 0) is 32.9 Å². The molecule has 3 rings (SSSR count). The molecule has 12 heteroatoms. The largest absolute Gasteiger partial charge is 0.592 e. The lowest BCUT2D eigenvalue weighted by atomic mass is 10.1. The third-order valence-electron chi connectivity index (χ3n) is 4.37. The predicted molar refractivity (Wildman–Crippen MR) is 117 cm³/mol. The van der Waals surface area contributed by atoms with Gasteiger partial charge in [-0.15, -0.1) is 5.01 Å². The average molecular weight is 488 g/mol. The molecule has 0 bridgehead atoms. The van der Waals surface area contributed by atoms with Crippen LogP contribution in [0.1, 0.15) is 20.8 Å². The smallest absolute Gasteiger partial charge is 0.326 e. The number of aliphatic imine (C=N–C) groups is 1. The molecule has 0 saturated carbocycles. The second-order valence-corrected chi connectivity index (χ2v) is 9.00. The van der Waals surface area contributed by atoms with E-state index in [4.69, 9.17) is 41.9 Å². The minimum atomic E-state index is -0.822. The molecule has 1 atom stereocenters. The van der Waals surface area contributed by atoms with E-state index in [1.54, 1.807) is 18.2 Å². The molecule has 176 valence electrons. The van der Waals surface area contributed by atoms with E-state index in [1.807, 2.05) is 25.8 Å². The summed E-state index contributed by atoms with van der Waals surface area (Å²) >= 11 is 12.2. The number of morpholine rings is 1. The second kappa shape index (κ2) is 11.0. The van der Waals surface area contributed by atoms with Crippen molar-refractivity contribution in [2.75, 3.05) is 44.5 Å². The summed E-state index contributed by atoms with van der Waals surface area (Å²) in [5.41, 5.74) is -0.190. The molecule has 1 aromatic heterocycles. The van der Waals surface area contributed by atoms with Crippen LogP contribution in [0.3, 0.4) is 0 Å². The van der Waals surface area contributed by atoms with Crippen LogP contribution in [0.4, 0.5) is 5.88 Å². The fourth-order valence-electron chi connectivity index (χ4n) is 2.75. The number of nitrogens with zero attached hydrogens (tertiary/aromatic N) is 4. The highest BCUT2D eigenvalue weighted by Gasteiger charge is 2.23. The molecular formula is C20H27Cl2N5O5. The number of aromatic nitrogens is 2. The van der Waals surface area contributed by atoms with Gasteiger partial charge in [-0.1, -0.05) is 23.2 Å². The van der Waals surface area contributed by atoms with Crippen LogP contribution in [0, 0.1) is 0 Å². The van der Waals surface area contributed by atoms with Crippen molar-refractivity contribution in [3.8, 4) is 5.75 Å². The van der Waals surface area contributed by atoms with E-state index in [0.29, 0.717) is 48.6 Å². The molecule has 1 N–H and O–H groups in total. The van der Waals surface area contributed by atoms with E-state index in [1.165, 1.54) is 11.0 Å². The van der Waals surface area contributed by atoms with Crippen molar-refractivity contribution < 1.29 is 28.6 Å². The van der Waals surface area contributed by atoms with Crippen LogP contribution in [0.15, 0.2) is 33.9 Å². The van der Waals surface area contributed by atoms with Crippen LogP contribution >= 0.6 is 23.2 Å². The van der Waals surface area contributed by atoms with Gasteiger partial charge < -0.3 is 24.6 Å². The minimum Gasteiger partial charge on any atom is -0.592 e. The summed E-state index contributed by atoms with van der Waals surface area (Å²) < 4.78 is 21.7. The van der Waals surface area contributed by atoms with Crippen LogP contribution < -0.4 is 25.0 Å². The van der Waals surface area contributed by atoms with Gasteiger partial charge in [-0.2, -0.15) is 4.99 Å². The van der Waals surface area contributed by atoms with Crippen molar-refractivity contribution >= 4 is 35.2 Å². The number of hydrogen-bond donors (Lipinski definition) is 1. The fraction of sp³-hybridized carbons (Fsp3) is 0.550. The standard InChI is InChI=1S/C20H27Cl2N5O5/c1-20(2,3)23-11-15(13-30-17-10-14(21)4-5-16(17)22)31-19(28)24-18-12-27(25-32-18)26-6-8-29-9-7-26/h4-5,10,12,15,23H,6-9,11,13H2,1-3H3. The van der Waals surface area contributed by atoms with Gasteiger partial charge in [-0.25, -0.2) is 0 Å². The average Bonchev–Trinajstić information content (AvgIpc) is 3.20. The summed E-state index contributed by atoms with van der Waals surface area (Å²) in [6.45, 7) is 8.90. The minimum absolute atomic E-state index is 0.0304. The van der Waals surface area contributed by atoms with E-state index in [9.17, 15) is 5.11 Å². The molecule has 2 aromatic rings. The summed E-state index contributed by atoms with van der Waals surface area (Å²) in [7, 11) is 0. The van der Waals surface area contributed by atoms with E-state index in [2.05, 4.69) is 15.6 Å². The summed E-state index contributed by atoms with van der Waals surface area (Å²) in [6, 6.07) is 4.90. The Morgan fingerprint density at radius 3 is 2.81 bits per heavy atom. The van der Waals surface area contributed by atoms with Crippen molar-refractivity contribution in [2.24, 2.45) is 4.99 Å². The second-order valence-electron chi connectivity index (χ2n) is 8.16. The third-order valence-corrected chi connectivity index (χ3v) is 4.92. The number of rotatable bonds is 8. The quantitative estimate of drug-likeness (QED) is 0.338. The molecule has 0 amide bonds. The normalized spacial score (nSPS) is 16.2. The maximum Gasteiger partial charge on any atom is 0.326 e.